The van der Waals surface area contributed by atoms with E-state index in [1.54, 1.807) is 26.2 Å². The third kappa shape index (κ3) is 4.36. The van der Waals surface area contributed by atoms with Crippen LogP contribution in [0.3, 0.4) is 0 Å². The summed E-state index contributed by atoms with van der Waals surface area (Å²) in [4.78, 5) is 13.8. The molecule has 1 N–H and O–H groups in total. The second-order valence-corrected chi connectivity index (χ2v) is 8.81. The summed E-state index contributed by atoms with van der Waals surface area (Å²) in [6, 6.07) is 10.9. The first-order chi connectivity index (χ1) is 13.3. The number of nitrogens with one attached hydrogen (secondary N) is 1. The van der Waals surface area contributed by atoms with Crippen molar-refractivity contribution in [2.45, 2.75) is 44.7 Å². The third-order valence-electron chi connectivity index (χ3n) is 5.23. The predicted octanol–water partition coefficient (Wildman–Crippen LogP) is 2.91. The van der Waals surface area contributed by atoms with Gasteiger partial charge in [0, 0.05) is 26.1 Å². The molecule has 0 spiro atoms. The Hall–Kier alpha value is -2.38. The first-order valence-electron chi connectivity index (χ1n) is 9.31. The molecule has 1 amide bonds. The van der Waals surface area contributed by atoms with Crippen LogP contribution in [0.4, 0.5) is 0 Å². The molecule has 0 unspecified atom stereocenters. The van der Waals surface area contributed by atoms with E-state index in [1.165, 1.54) is 0 Å². The van der Waals surface area contributed by atoms with Crippen LogP contribution in [0, 0.1) is 13.8 Å². The van der Waals surface area contributed by atoms with Crippen molar-refractivity contribution < 1.29 is 17.9 Å². The van der Waals surface area contributed by atoms with E-state index < -0.39 is 10.0 Å². The van der Waals surface area contributed by atoms with Gasteiger partial charge in [0.25, 0.3) is 0 Å². The average molecular weight is 403 g/mol. The SMILES string of the molecule is COc1ccc(S(=O)(=O)NCc2ccc(CN3CCCC3=O)cc2)c(C)c1C. The van der Waals surface area contributed by atoms with Gasteiger partial charge in [0.05, 0.1) is 12.0 Å². The van der Waals surface area contributed by atoms with Crippen LogP contribution < -0.4 is 9.46 Å². The highest BCUT2D eigenvalue weighted by Crippen LogP contribution is 2.26. The van der Waals surface area contributed by atoms with Gasteiger partial charge in [0.1, 0.15) is 5.75 Å². The number of benzene rings is 2. The summed E-state index contributed by atoms with van der Waals surface area (Å²) in [5, 5.41) is 0. The van der Waals surface area contributed by atoms with Gasteiger partial charge in [-0.15, -0.1) is 0 Å². The minimum Gasteiger partial charge on any atom is -0.496 e. The number of carbonyl (C=O) groups is 1. The molecular weight excluding hydrogens is 376 g/mol. The molecule has 150 valence electrons. The second-order valence-electron chi connectivity index (χ2n) is 7.08. The Kier molecular flexibility index (Phi) is 6.05. The molecule has 0 bridgehead atoms. The van der Waals surface area contributed by atoms with Gasteiger partial charge in [0.2, 0.25) is 15.9 Å². The van der Waals surface area contributed by atoms with E-state index in [-0.39, 0.29) is 17.3 Å². The maximum Gasteiger partial charge on any atom is 0.241 e. The zero-order valence-corrected chi connectivity index (χ0v) is 17.3. The van der Waals surface area contributed by atoms with E-state index >= 15 is 0 Å². The lowest BCUT2D eigenvalue weighted by Gasteiger charge is -2.16. The fourth-order valence-corrected chi connectivity index (χ4v) is 4.71. The molecule has 1 aliphatic heterocycles. The van der Waals surface area contributed by atoms with Gasteiger partial charge < -0.3 is 9.64 Å². The van der Waals surface area contributed by atoms with Crippen molar-refractivity contribution in [1.29, 1.82) is 0 Å². The Bertz CT molecular complexity index is 969. The van der Waals surface area contributed by atoms with E-state index in [9.17, 15) is 13.2 Å². The number of rotatable bonds is 7. The third-order valence-corrected chi connectivity index (χ3v) is 6.78. The van der Waals surface area contributed by atoms with E-state index in [4.69, 9.17) is 4.74 Å². The predicted molar refractivity (Wildman–Crippen MR) is 108 cm³/mol. The summed E-state index contributed by atoms with van der Waals surface area (Å²) in [5.41, 5.74) is 3.40. The van der Waals surface area contributed by atoms with Crippen LogP contribution in [0.1, 0.15) is 35.1 Å². The Morgan fingerprint density at radius 2 is 1.71 bits per heavy atom. The summed E-state index contributed by atoms with van der Waals surface area (Å²) in [5.74, 6) is 0.866. The molecule has 0 aromatic heterocycles. The summed E-state index contributed by atoms with van der Waals surface area (Å²) >= 11 is 0. The van der Waals surface area contributed by atoms with Gasteiger partial charge in [-0.2, -0.15) is 0 Å². The molecule has 3 rings (SSSR count). The highest BCUT2D eigenvalue weighted by Gasteiger charge is 2.21. The van der Waals surface area contributed by atoms with E-state index in [2.05, 4.69) is 4.72 Å². The van der Waals surface area contributed by atoms with Crippen LogP contribution in [0.2, 0.25) is 0 Å². The van der Waals surface area contributed by atoms with Crippen LogP contribution in [0.25, 0.3) is 0 Å². The average Bonchev–Trinajstić information content (AvgIpc) is 3.08. The fourth-order valence-electron chi connectivity index (χ4n) is 3.39. The number of ether oxygens (including phenoxy) is 1. The number of likely N-dealkylation sites (tertiary alicyclic amines) is 1. The largest absolute Gasteiger partial charge is 0.496 e. The van der Waals surface area contributed by atoms with E-state index in [0.717, 1.165) is 29.7 Å². The molecule has 0 saturated carbocycles. The Morgan fingerprint density at radius 1 is 1.04 bits per heavy atom. The number of methoxy groups -OCH3 is 1. The smallest absolute Gasteiger partial charge is 0.241 e. The molecule has 0 radical (unpaired) electrons. The Labute approximate surface area is 166 Å². The zero-order valence-electron chi connectivity index (χ0n) is 16.5. The maximum absolute atomic E-state index is 12.7. The molecule has 1 heterocycles. The van der Waals surface area contributed by atoms with E-state index in [0.29, 0.717) is 24.3 Å². The lowest BCUT2D eigenvalue weighted by atomic mass is 10.1. The minimum absolute atomic E-state index is 0.196. The number of nitrogens with zero attached hydrogens (tertiary/aromatic N) is 1. The number of amides is 1. The van der Waals surface area contributed by atoms with Crippen molar-refractivity contribution >= 4 is 15.9 Å². The zero-order chi connectivity index (χ0) is 20.3. The van der Waals surface area contributed by atoms with Gasteiger partial charge >= 0.3 is 0 Å². The van der Waals surface area contributed by atoms with Crippen molar-refractivity contribution in [2.24, 2.45) is 0 Å². The molecule has 2 aromatic rings. The number of hydrogen-bond donors (Lipinski definition) is 1. The van der Waals surface area contributed by atoms with Gasteiger partial charge in [-0.25, -0.2) is 13.1 Å². The monoisotopic (exact) mass is 402 g/mol. The first kappa shape index (κ1) is 20.4. The van der Waals surface area contributed by atoms with Crippen molar-refractivity contribution in [2.75, 3.05) is 13.7 Å². The highest BCUT2D eigenvalue weighted by atomic mass is 32.2. The van der Waals surface area contributed by atoms with Gasteiger partial charge in [-0.05, 0) is 54.7 Å². The lowest BCUT2D eigenvalue weighted by molar-refractivity contribution is -0.128. The number of carbonyl (C=O) groups excluding carboxylic acids is 1. The van der Waals surface area contributed by atoms with Gasteiger partial charge in [-0.1, -0.05) is 24.3 Å². The fraction of sp³-hybridized carbons (Fsp3) is 0.381. The van der Waals surface area contributed by atoms with Crippen LogP contribution >= 0.6 is 0 Å². The normalized spacial score (nSPS) is 14.5. The Morgan fingerprint density at radius 3 is 2.32 bits per heavy atom. The van der Waals surface area contributed by atoms with Crippen molar-refractivity contribution in [1.82, 2.24) is 9.62 Å². The van der Waals surface area contributed by atoms with Crippen LogP contribution in [0.5, 0.6) is 5.75 Å². The molecule has 0 aliphatic carbocycles. The lowest BCUT2D eigenvalue weighted by Crippen LogP contribution is -2.25. The summed E-state index contributed by atoms with van der Waals surface area (Å²) in [6.07, 6.45) is 1.55. The van der Waals surface area contributed by atoms with Crippen molar-refractivity contribution in [3.8, 4) is 5.75 Å². The minimum atomic E-state index is -3.63. The first-order valence-corrected chi connectivity index (χ1v) is 10.8. The molecule has 0 atom stereocenters. The van der Waals surface area contributed by atoms with Gasteiger partial charge in [-0.3, -0.25) is 4.79 Å². The van der Waals surface area contributed by atoms with E-state index in [1.807, 2.05) is 36.1 Å². The molecule has 1 fully saturated rings. The summed E-state index contributed by atoms with van der Waals surface area (Å²) in [7, 11) is -2.06. The number of sulfonamides is 1. The molecule has 1 aliphatic rings. The van der Waals surface area contributed by atoms with Crippen molar-refractivity contribution in [3.05, 3.63) is 58.7 Å². The molecular formula is C21H26N2O4S. The van der Waals surface area contributed by atoms with Crippen LogP contribution in [-0.4, -0.2) is 32.9 Å². The topological polar surface area (TPSA) is 75.7 Å². The molecule has 2 aromatic carbocycles. The second kappa shape index (κ2) is 8.32. The van der Waals surface area contributed by atoms with Crippen LogP contribution in [0.15, 0.2) is 41.3 Å². The molecule has 7 heteroatoms. The molecule has 28 heavy (non-hydrogen) atoms. The highest BCUT2D eigenvalue weighted by molar-refractivity contribution is 7.89. The number of hydrogen-bond acceptors (Lipinski definition) is 4. The van der Waals surface area contributed by atoms with Gasteiger partial charge in [0.15, 0.2) is 0 Å². The summed E-state index contributed by atoms with van der Waals surface area (Å²) in [6.45, 7) is 5.24. The van der Waals surface area contributed by atoms with Crippen molar-refractivity contribution in [3.63, 3.8) is 0 Å². The summed E-state index contributed by atoms with van der Waals surface area (Å²) < 4.78 is 33.3. The quantitative estimate of drug-likeness (QED) is 0.773. The molecule has 1 saturated heterocycles. The Balaban J connectivity index is 1.66. The standard InChI is InChI=1S/C21H26N2O4S/c1-15-16(2)20(11-10-19(15)27-3)28(25,26)22-13-17-6-8-18(9-7-17)14-23-12-4-5-21(23)24/h6-11,22H,4-5,12-14H2,1-3H3. The molecule has 6 nitrogen and oxygen atoms in total. The maximum atomic E-state index is 12.7. The van der Waals surface area contributed by atoms with Crippen LogP contribution in [-0.2, 0) is 27.9 Å².